The second-order valence-corrected chi connectivity index (χ2v) is 5.28. The highest BCUT2D eigenvalue weighted by Crippen LogP contribution is 2.21. The first-order chi connectivity index (χ1) is 10.3. The van der Waals surface area contributed by atoms with Gasteiger partial charge in [-0.3, -0.25) is 0 Å². The van der Waals surface area contributed by atoms with Crippen molar-refractivity contribution in [2.45, 2.75) is 25.6 Å². The van der Waals surface area contributed by atoms with Gasteiger partial charge in [0.05, 0.1) is 38.6 Å². The number of ether oxygens (including phenoxy) is 2. The van der Waals surface area contributed by atoms with Crippen LogP contribution in [0.25, 0.3) is 0 Å². The molecule has 1 aromatic heterocycles. The lowest BCUT2D eigenvalue weighted by Crippen LogP contribution is -2.36. The van der Waals surface area contributed by atoms with Crippen molar-refractivity contribution in [1.82, 2.24) is 20.3 Å². The monoisotopic (exact) mass is 288 g/mol. The van der Waals surface area contributed by atoms with Crippen LogP contribution in [0.2, 0.25) is 0 Å². The number of methoxy groups -OCH3 is 1. The van der Waals surface area contributed by atoms with E-state index in [1.807, 2.05) is 16.9 Å². The van der Waals surface area contributed by atoms with E-state index < -0.39 is 0 Å². The smallest absolute Gasteiger partial charge is 0.121 e. The maximum atomic E-state index is 5.57. The van der Waals surface area contributed by atoms with E-state index in [9.17, 15) is 0 Å². The summed E-state index contributed by atoms with van der Waals surface area (Å²) in [6.45, 7) is 4.21. The third-order valence-electron chi connectivity index (χ3n) is 3.86. The van der Waals surface area contributed by atoms with Crippen LogP contribution >= 0.6 is 0 Å². The van der Waals surface area contributed by atoms with Gasteiger partial charge in [-0.15, -0.1) is 5.10 Å². The van der Waals surface area contributed by atoms with Gasteiger partial charge in [0.15, 0.2) is 0 Å². The molecule has 6 heteroatoms. The van der Waals surface area contributed by atoms with Crippen LogP contribution < -0.4 is 10.1 Å². The van der Waals surface area contributed by atoms with Gasteiger partial charge >= 0.3 is 0 Å². The van der Waals surface area contributed by atoms with Crippen molar-refractivity contribution in [3.8, 4) is 5.75 Å². The normalized spacial score (nSPS) is 21.6. The Morgan fingerprint density at radius 1 is 1.43 bits per heavy atom. The molecule has 1 fully saturated rings. The zero-order valence-electron chi connectivity index (χ0n) is 12.3. The molecule has 0 amide bonds. The molecule has 112 valence electrons. The van der Waals surface area contributed by atoms with Crippen molar-refractivity contribution < 1.29 is 9.47 Å². The molecule has 0 radical (unpaired) electrons. The van der Waals surface area contributed by atoms with Crippen LogP contribution in [-0.4, -0.2) is 41.4 Å². The Balaban J connectivity index is 1.63. The van der Waals surface area contributed by atoms with Crippen LogP contribution in [0.15, 0.2) is 30.6 Å². The van der Waals surface area contributed by atoms with E-state index in [0.717, 1.165) is 17.9 Å². The summed E-state index contributed by atoms with van der Waals surface area (Å²) in [6, 6.07) is 6.68. The van der Waals surface area contributed by atoms with Crippen molar-refractivity contribution in [3.63, 3.8) is 0 Å². The van der Waals surface area contributed by atoms with Gasteiger partial charge < -0.3 is 14.8 Å². The Kier molecular flexibility index (Phi) is 4.17. The zero-order valence-corrected chi connectivity index (χ0v) is 12.3. The SMILES string of the molecule is COc1ccc(CN[C@@H]2COC[C@@H]2n2ccnn2)cc1C. The average molecular weight is 288 g/mol. The summed E-state index contributed by atoms with van der Waals surface area (Å²) in [5.74, 6) is 0.920. The van der Waals surface area contributed by atoms with Gasteiger partial charge in [-0.1, -0.05) is 17.3 Å². The molecule has 3 rings (SSSR count). The first kappa shape index (κ1) is 14.0. The Labute approximate surface area is 124 Å². The molecule has 0 spiro atoms. The predicted octanol–water partition coefficient (Wildman–Crippen LogP) is 1.32. The highest BCUT2D eigenvalue weighted by Gasteiger charge is 2.29. The summed E-state index contributed by atoms with van der Waals surface area (Å²) in [5, 5.41) is 11.5. The highest BCUT2D eigenvalue weighted by atomic mass is 16.5. The van der Waals surface area contributed by atoms with E-state index in [1.54, 1.807) is 13.3 Å². The van der Waals surface area contributed by atoms with Gasteiger partial charge in [-0.05, 0) is 24.1 Å². The number of hydrogen-bond acceptors (Lipinski definition) is 5. The zero-order chi connectivity index (χ0) is 14.7. The van der Waals surface area contributed by atoms with E-state index in [2.05, 4.69) is 34.7 Å². The van der Waals surface area contributed by atoms with Crippen LogP contribution in [-0.2, 0) is 11.3 Å². The van der Waals surface area contributed by atoms with Crippen molar-refractivity contribution in [2.24, 2.45) is 0 Å². The van der Waals surface area contributed by atoms with E-state index in [-0.39, 0.29) is 12.1 Å². The van der Waals surface area contributed by atoms with Crippen LogP contribution in [0, 0.1) is 6.92 Å². The van der Waals surface area contributed by atoms with E-state index >= 15 is 0 Å². The van der Waals surface area contributed by atoms with Crippen LogP contribution in [0.1, 0.15) is 17.2 Å². The van der Waals surface area contributed by atoms with Gasteiger partial charge in [0, 0.05) is 12.7 Å². The van der Waals surface area contributed by atoms with E-state index in [4.69, 9.17) is 9.47 Å². The molecule has 2 atom stereocenters. The topological polar surface area (TPSA) is 61.2 Å². The Hall–Kier alpha value is -1.92. The average Bonchev–Trinajstić information content (AvgIpc) is 3.16. The lowest BCUT2D eigenvalue weighted by Gasteiger charge is -2.19. The molecule has 1 saturated heterocycles. The standard InChI is InChI=1S/C15H20N4O2/c1-11-7-12(3-4-15(11)20-2)8-16-13-9-21-10-14(13)19-6-5-17-18-19/h3-7,13-14,16H,8-10H2,1-2H3/t13-,14+/m1/s1. The fourth-order valence-corrected chi connectivity index (χ4v) is 2.69. The first-order valence-electron chi connectivity index (χ1n) is 7.08. The van der Waals surface area contributed by atoms with Crippen molar-refractivity contribution in [3.05, 3.63) is 41.7 Å². The summed E-state index contributed by atoms with van der Waals surface area (Å²) in [4.78, 5) is 0. The lowest BCUT2D eigenvalue weighted by molar-refractivity contribution is 0.181. The van der Waals surface area contributed by atoms with Gasteiger partial charge in [-0.25, -0.2) is 4.68 Å². The maximum Gasteiger partial charge on any atom is 0.121 e. The minimum atomic E-state index is 0.201. The van der Waals surface area contributed by atoms with Gasteiger partial charge in [0.25, 0.3) is 0 Å². The Bertz CT molecular complexity index is 585. The molecule has 2 aromatic rings. The van der Waals surface area contributed by atoms with Crippen LogP contribution in [0.4, 0.5) is 0 Å². The van der Waals surface area contributed by atoms with Crippen LogP contribution in [0.5, 0.6) is 5.75 Å². The number of rotatable bonds is 5. The number of aromatic nitrogens is 3. The quantitative estimate of drug-likeness (QED) is 0.899. The minimum absolute atomic E-state index is 0.201. The second kappa shape index (κ2) is 6.24. The van der Waals surface area contributed by atoms with Gasteiger partial charge in [-0.2, -0.15) is 0 Å². The fraction of sp³-hybridized carbons (Fsp3) is 0.467. The molecule has 6 nitrogen and oxygen atoms in total. The molecule has 2 heterocycles. The number of aryl methyl sites for hydroxylation is 1. The molecule has 0 unspecified atom stereocenters. The fourth-order valence-electron chi connectivity index (χ4n) is 2.69. The second-order valence-electron chi connectivity index (χ2n) is 5.28. The summed E-state index contributed by atoms with van der Waals surface area (Å²) in [6.07, 6.45) is 3.58. The molecule has 1 aliphatic rings. The number of benzene rings is 1. The minimum Gasteiger partial charge on any atom is -0.496 e. The molecular weight excluding hydrogens is 268 g/mol. The van der Waals surface area contributed by atoms with Gasteiger partial charge in [0.2, 0.25) is 0 Å². The molecule has 0 aliphatic carbocycles. The number of nitrogens with zero attached hydrogens (tertiary/aromatic N) is 3. The third kappa shape index (κ3) is 3.06. The van der Waals surface area contributed by atoms with E-state index in [1.165, 1.54) is 5.56 Å². The first-order valence-corrected chi connectivity index (χ1v) is 7.08. The Morgan fingerprint density at radius 2 is 2.33 bits per heavy atom. The maximum absolute atomic E-state index is 5.57. The summed E-state index contributed by atoms with van der Waals surface area (Å²) >= 11 is 0. The van der Waals surface area contributed by atoms with Crippen molar-refractivity contribution >= 4 is 0 Å². The summed E-state index contributed by atoms with van der Waals surface area (Å²) < 4.78 is 12.7. The third-order valence-corrected chi connectivity index (χ3v) is 3.86. The van der Waals surface area contributed by atoms with Crippen LogP contribution in [0.3, 0.4) is 0 Å². The molecule has 1 N–H and O–H groups in total. The Morgan fingerprint density at radius 3 is 3.05 bits per heavy atom. The van der Waals surface area contributed by atoms with Crippen molar-refractivity contribution in [1.29, 1.82) is 0 Å². The molecule has 0 saturated carbocycles. The van der Waals surface area contributed by atoms with E-state index in [0.29, 0.717) is 13.2 Å². The molecular formula is C15H20N4O2. The molecule has 1 aromatic carbocycles. The molecule has 1 aliphatic heterocycles. The predicted molar refractivity (Wildman–Crippen MR) is 78.2 cm³/mol. The number of hydrogen-bond donors (Lipinski definition) is 1. The van der Waals surface area contributed by atoms with Gasteiger partial charge in [0.1, 0.15) is 5.75 Å². The highest BCUT2D eigenvalue weighted by molar-refractivity contribution is 5.36. The number of nitrogens with one attached hydrogen (secondary N) is 1. The molecule has 0 bridgehead atoms. The summed E-state index contributed by atoms with van der Waals surface area (Å²) in [7, 11) is 1.69. The van der Waals surface area contributed by atoms with Crippen molar-refractivity contribution in [2.75, 3.05) is 20.3 Å². The largest absolute Gasteiger partial charge is 0.496 e. The molecule has 21 heavy (non-hydrogen) atoms. The lowest BCUT2D eigenvalue weighted by atomic mass is 10.1. The summed E-state index contributed by atoms with van der Waals surface area (Å²) in [5.41, 5.74) is 2.38.